The zero-order chi connectivity index (χ0) is 21.0. The summed E-state index contributed by atoms with van der Waals surface area (Å²) in [5.74, 6) is 0.303. The number of halogens is 2. The maximum Gasteiger partial charge on any atom is 0.411 e. The summed E-state index contributed by atoms with van der Waals surface area (Å²) in [6, 6.07) is 6.88. The molecule has 0 N–H and O–H groups in total. The Kier molecular flexibility index (Phi) is 8.09. The number of rotatable bonds is 7. The second-order valence-corrected chi connectivity index (χ2v) is 8.58. The smallest absolute Gasteiger partial charge is 0.411 e. The summed E-state index contributed by atoms with van der Waals surface area (Å²) in [5, 5.41) is 1.17. The maximum atomic E-state index is 13.8. The molecule has 0 aliphatic heterocycles. The van der Waals surface area contributed by atoms with Gasteiger partial charge in [0.2, 0.25) is 0 Å². The van der Waals surface area contributed by atoms with Gasteiger partial charge in [0.25, 0.3) is 0 Å². The van der Waals surface area contributed by atoms with Crippen molar-refractivity contribution in [3.8, 4) is 0 Å². The summed E-state index contributed by atoms with van der Waals surface area (Å²) >= 11 is 7.60. The number of imidazole rings is 1. The molecule has 28 heavy (non-hydrogen) atoms. The molecular formula is C19H25ClFN3O2S2. The third-order valence-electron chi connectivity index (χ3n) is 4.23. The molecule has 0 saturated carbocycles. The highest BCUT2D eigenvalue weighted by atomic mass is 35.5. The lowest BCUT2D eigenvalue weighted by Crippen LogP contribution is -2.43. The molecule has 1 aromatic heterocycles. The fourth-order valence-electron chi connectivity index (χ4n) is 3.05. The van der Waals surface area contributed by atoms with Crippen LogP contribution in [0.1, 0.15) is 50.9 Å². The normalized spacial score (nSPS) is 12.5. The largest absolute Gasteiger partial charge is 0.433 e. The summed E-state index contributed by atoms with van der Waals surface area (Å²) in [6.07, 6.45) is 0.484. The number of carbonyl (C=O) groups is 1. The van der Waals surface area contributed by atoms with E-state index in [4.69, 9.17) is 16.3 Å². The molecule has 154 valence electrons. The Balaban J connectivity index is 2.55. The predicted molar refractivity (Wildman–Crippen MR) is 115 cm³/mol. The molecule has 0 radical (unpaired) electrons. The summed E-state index contributed by atoms with van der Waals surface area (Å²) in [4.78, 5) is 19.1. The molecule has 2 aromatic rings. The van der Waals surface area contributed by atoms with E-state index in [0.29, 0.717) is 27.1 Å². The van der Waals surface area contributed by atoms with Crippen LogP contribution in [0.5, 0.6) is 0 Å². The molecule has 9 heteroatoms. The first-order valence-corrected chi connectivity index (χ1v) is 11.2. The lowest BCUT2D eigenvalue weighted by Gasteiger charge is -2.31. The molecule has 0 fully saturated rings. The van der Waals surface area contributed by atoms with Gasteiger partial charge in [-0.3, -0.25) is 0 Å². The third-order valence-corrected chi connectivity index (χ3v) is 5.84. The molecule has 1 unspecified atom stereocenters. The van der Waals surface area contributed by atoms with E-state index in [1.54, 1.807) is 36.1 Å². The van der Waals surface area contributed by atoms with Crippen molar-refractivity contribution in [1.29, 1.82) is 0 Å². The molecule has 0 aliphatic carbocycles. The first-order chi connectivity index (χ1) is 13.2. The van der Waals surface area contributed by atoms with E-state index in [2.05, 4.69) is 4.98 Å². The van der Waals surface area contributed by atoms with Crippen molar-refractivity contribution in [1.82, 2.24) is 13.9 Å². The number of hydrogen-bond acceptors (Lipinski definition) is 5. The van der Waals surface area contributed by atoms with Crippen LogP contribution in [-0.4, -0.2) is 38.3 Å². The first-order valence-electron chi connectivity index (χ1n) is 8.87. The summed E-state index contributed by atoms with van der Waals surface area (Å²) < 4.78 is 21.0. The van der Waals surface area contributed by atoms with E-state index in [-0.39, 0.29) is 24.4 Å². The van der Waals surface area contributed by atoms with Crippen molar-refractivity contribution in [3.63, 3.8) is 0 Å². The number of ether oxygens (including phenoxy) is 1. The predicted octanol–water partition coefficient (Wildman–Crippen LogP) is 6.29. The minimum absolute atomic E-state index is 0.0365. The highest BCUT2D eigenvalue weighted by Gasteiger charge is 2.31. The Morgan fingerprint density at radius 3 is 2.43 bits per heavy atom. The number of aromatic nitrogens is 2. The summed E-state index contributed by atoms with van der Waals surface area (Å²) in [5.41, 5.74) is 1.28. The number of hydrogen-bond donors (Lipinski definition) is 0. The lowest BCUT2D eigenvalue weighted by atomic mass is 10.1. The number of benzene rings is 1. The van der Waals surface area contributed by atoms with Crippen LogP contribution < -0.4 is 0 Å². The third kappa shape index (κ3) is 4.96. The molecule has 1 heterocycles. The van der Waals surface area contributed by atoms with Crippen LogP contribution in [0.15, 0.2) is 29.3 Å². The second-order valence-electron chi connectivity index (χ2n) is 6.84. The van der Waals surface area contributed by atoms with Gasteiger partial charge in [-0.05, 0) is 53.0 Å². The van der Waals surface area contributed by atoms with Gasteiger partial charge in [0, 0.05) is 22.7 Å². The number of thioether (sulfide) groups is 1. The minimum atomic E-state index is -0.894. The Labute approximate surface area is 179 Å². The topological polar surface area (TPSA) is 47.4 Å². The van der Waals surface area contributed by atoms with Crippen LogP contribution >= 0.6 is 35.7 Å². The van der Waals surface area contributed by atoms with E-state index in [1.807, 2.05) is 34.0 Å². The van der Waals surface area contributed by atoms with Gasteiger partial charge in [0.1, 0.15) is 5.03 Å². The molecule has 0 aliphatic rings. The summed E-state index contributed by atoms with van der Waals surface area (Å²) in [6.45, 7) is 9.46. The van der Waals surface area contributed by atoms with E-state index >= 15 is 0 Å². The molecule has 1 aromatic carbocycles. The molecule has 5 nitrogen and oxygen atoms in total. The SMILES string of the molecule is CSc1nc(C(OC(=O)N(C(C)C)C(C)C)c2cccc(Cl)c2)n(SF)c1C. The fraction of sp³-hybridized carbons (Fsp3) is 0.474. The highest BCUT2D eigenvalue weighted by molar-refractivity contribution is 7.98. The molecule has 0 spiro atoms. The van der Waals surface area contributed by atoms with Crippen molar-refractivity contribution in [2.75, 3.05) is 6.26 Å². The number of nitrogens with zero attached hydrogens (tertiary/aromatic N) is 3. The van der Waals surface area contributed by atoms with Gasteiger partial charge in [-0.15, -0.1) is 15.6 Å². The molecule has 0 bridgehead atoms. The van der Waals surface area contributed by atoms with Gasteiger partial charge in [-0.25, -0.2) is 13.8 Å². The van der Waals surface area contributed by atoms with E-state index in [1.165, 1.54) is 15.7 Å². The molecule has 1 amide bonds. The van der Waals surface area contributed by atoms with Crippen molar-refractivity contribution in [2.45, 2.75) is 57.8 Å². The fourth-order valence-corrected chi connectivity index (χ4v) is 4.28. The molecule has 1 atom stereocenters. The van der Waals surface area contributed by atoms with E-state index < -0.39 is 12.2 Å². The van der Waals surface area contributed by atoms with Crippen LogP contribution in [0.3, 0.4) is 0 Å². The Morgan fingerprint density at radius 1 is 1.29 bits per heavy atom. The number of carbonyl (C=O) groups excluding carboxylic acids is 1. The second kappa shape index (κ2) is 9.89. The van der Waals surface area contributed by atoms with Crippen molar-refractivity contribution in [2.24, 2.45) is 0 Å². The Hall–Kier alpha value is -1.38. The quantitative estimate of drug-likeness (QED) is 0.468. The lowest BCUT2D eigenvalue weighted by molar-refractivity contribution is 0.0549. The Morgan fingerprint density at radius 2 is 1.93 bits per heavy atom. The van der Waals surface area contributed by atoms with Gasteiger partial charge in [0.05, 0.1) is 5.69 Å². The Bertz CT molecular complexity index is 822. The van der Waals surface area contributed by atoms with Crippen LogP contribution in [-0.2, 0) is 4.74 Å². The average molecular weight is 446 g/mol. The highest BCUT2D eigenvalue weighted by Crippen LogP contribution is 2.34. The minimum Gasteiger partial charge on any atom is -0.433 e. The van der Waals surface area contributed by atoms with Crippen molar-refractivity contribution in [3.05, 3.63) is 46.4 Å². The zero-order valence-electron chi connectivity index (χ0n) is 16.8. The van der Waals surface area contributed by atoms with Gasteiger partial charge in [-0.2, -0.15) is 0 Å². The standard InChI is InChI=1S/C19H25ClFN3O2S2/c1-11(2)23(12(3)4)19(25)26-16(14-8-7-9-15(20)10-14)17-22-18(27-6)13(5)24(17)28-21/h7-12,16H,1-6H3. The average Bonchev–Trinajstić information content (AvgIpc) is 2.94. The number of amides is 1. The monoisotopic (exact) mass is 445 g/mol. The van der Waals surface area contributed by atoms with E-state index in [0.717, 1.165) is 0 Å². The summed E-state index contributed by atoms with van der Waals surface area (Å²) in [7, 11) is 0. The molecular weight excluding hydrogens is 421 g/mol. The van der Waals surface area contributed by atoms with Gasteiger partial charge < -0.3 is 9.64 Å². The van der Waals surface area contributed by atoms with Crippen molar-refractivity contribution >= 4 is 41.8 Å². The zero-order valence-corrected chi connectivity index (χ0v) is 19.2. The van der Waals surface area contributed by atoms with Crippen LogP contribution in [0.4, 0.5) is 8.68 Å². The molecule has 2 rings (SSSR count). The van der Waals surface area contributed by atoms with E-state index in [9.17, 15) is 8.68 Å². The van der Waals surface area contributed by atoms with Gasteiger partial charge in [0.15, 0.2) is 24.3 Å². The first kappa shape index (κ1) is 22.9. The van der Waals surface area contributed by atoms with Crippen LogP contribution in [0, 0.1) is 6.92 Å². The molecule has 0 saturated heterocycles. The van der Waals surface area contributed by atoms with Crippen LogP contribution in [0.2, 0.25) is 5.02 Å². The maximum absolute atomic E-state index is 13.8. The van der Waals surface area contributed by atoms with Gasteiger partial charge in [-0.1, -0.05) is 23.7 Å². The van der Waals surface area contributed by atoms with Crippen LogP contribution in [0.25, 0.3) is 0 Å². The van der Waals surface area contributed by atoms with Gasteiger partial charge >= 0.3 is 6.09 Å². The van der Waals surface area contributed by atoms with Crippen molar-refractivity contribution < 1.29 is 13.4 Å².